The van der Waals surface area contributed by atoms with E-state index in [1.165, 1.54) is 37.0 Å². The molecule has 3 heterocycles. The van der Waals surface area contributed by atoms with Crippen molar-refractivity contribution in [3.63, 3.8) is 0 Å². The number of amides is 1. The number of carbonyl (C=O) groups is 1. The van der Waals surface area contributed by atoms with Crippen LogP contribution in [0.15, 0.2) is 30.6 Å². The van der Waals surface area contributed by atoms with Crippen LogP contribution < -0.4 is 5.32 Å². The van der Waals surface area contributed by atoms with E-state index >= 15 is 0 Å². The summed E-state index contributed by atoms with van der Waals surface area (Å²) in [6, 6.07) is 5.81. The molecule has 1 amide bonds. The van der Waals surface area contributed by atoms with E-state index in [4.69, 9.17) is 11.6 Å². The van der Waals surface area contributed by atoms with E-state index in [1.807, 2.05) is 24.4 Å². The van der Waals surface area contributed by atoms with Gasteiger partial charge in [-0.05, 0) is 30.4 Å². The van der Waals surface area contributed by atoms with Gasteiger partial charge in [-0.15, -0.1) is 0 Å². The molecule has 130 valence electrons. The Hall–Kier alpha value is -1.92. The van der Waals surface area contributed by atoms with Crippen LogP contribution in [0.3, 0.4) is 0 Å². The summed E-state index contributed by atoms with van der Waals surface area (Å²) in [6.45, 7) is 2.93. The van der Waals surface area contributed by atoms with Crippen molar-refractivity contribution in [2.45, 2.75) is 32.6 Å². The molecule has 0 spiro atoms. The molecule has 0 aromatic carbocycles. The SMILES string of the molecule is CC1(CNC(=O)c2nc(-c3cnn4ccccc34)c(Cl)s2)CCCC1. The Kier molecular flexibility index (Phi) is 4.25. The molecule has 1 N–H and O–H groups in total. The fraction of sp³-hybridized carbons (Fsp3) is 0.389. The van der Waals surface area contributed by atoms with Crippen molar-refractivity contribution in [3.8, 4) is 11.3 Å². The summed E-state index contributed by atoms with van der Waals surface area (Å²) < 4.78 is 2.28. The van der Waals surface area contributed by atoms with Gasteiger partial charge in [0.15, 0.2) is 5.01 Å². The maximum absolute atomic E-state index is 12.5. The zero-order valence-electron chi connectivity index (χ0n) is 14.0. The number of hydrogen-bond donors (Lipinski definition) is 1. The van der Waals surface area contributed by atoms with Crippen LogP contribution in [-0.4, -0.2) is 27.0 Å². The number of thiazole rings is 1. The third kappa shape index (κ3) is 3.16. The monoisotopic (exact) mass is 374 g/mol. The largest absolute Gasteiger partial charge is 0.349 e. The molecule has 0 radical (unpaired) electrons. The van der Waals surface area contributed by atoms with Gasteiger partial charge >= 0.3 is 0 Å². The van der Waals surface area contributed by atoms with Gasteiger partial charge in [-0.3, -0.25) is 4.79 Å². The molecule has 1 aliphatic rings. The molecular weight excluding hydrogens is 356 g/mol. The molecule has 3 aromatic heterocycles. The van der Waals surface area contributed by atoms with Gasteiger partial charge in [-0.2, -0.15) is 5.10 Å². The van der Waals surface area contributed by atoms with Crippen molar-refractivity contribution in [1.82, 2.24) is 19.9 Å². The highest BCUT2D eigenvalue weighted by molar-refractivity contribution is 7.18. The van der Waals surface area contributed by atoms with Gasteiger partial charge in [0.05, 0.1) is 11.7 Å². The van der Waals surface area contributed by atoms with Crippen LogP contribution in [0.2, 0.25) is 4.34 Å². The normalized spacial score (nSPS) is 16.4. The summed E-state index contributed by atoms with van der Waals surface area (Å²) in [5, 5.41) is 7.74. The summed E-state index contributed by atoms with van der Waals surface area (Å²) in [4.78, 5) is 17.0. The number of halogens is 1. The molecule has 0 atom stereocenters. The van der Waals surface area contributed by atoms with Crippen LogP contribution in [0.1, 0.15) is 42.4 Å². The fourth-order valence-electron chi connectivity index (χ4n) is 3.46. The van der Waals surface area contributed by atoms with E-state index in [-0.39, 0.29) is 11.3 Å². The molecule has 4 rings (SSSR count). The number of fused-ring (bicyclic) bond motifs is 1. The standard InChI is InChI=1S/C18H19ClN4OS/c1-18(7-3-4-8-18)11-20-16(24)17-22-14(15(19)25-17)12-10-21-23-9-5-2-6-13(12)23/h2,5-6,9-10H,3-4,7-8,11H2,1H3,(H,20,24). The number of carbonyl (C=O) groups excluding carboxylic acids is 1. The molecule has 0 unspecified atom stereocenters. The molecule has 1 saturated carbocycles. The van der Waals surface area contributed by atoms with Crippen LogP contribution in [0.4, 0.5) is 0 Å². The number of nitrogens with zero attached hydrogens (tertiary/aromatic N) is 3. The first-order valence-corrected chi connectivity index (χ1v) is 9.62. The minimum absolute atomic E-state index is 0.150. The molecule has 3 aromatic rings. The first kappa shape index (κ1) is 16.5. The van der Waals surface area contributed by atoms with E-state index in [0.29, 0.717) is 21.6 Å². The Morgan fingerprint density at radius 3 is 3.00 bits per heavy atom. The van der Waals surface area contributed by atoms with E-state index in [0.717, 1.165) is 11.1 Å². The summed E-state index contributed by atoms with van der Waals surface area (Å²) in [5.41, 5.74) is 2.58. The first-order valence-electron chi connectivity index (χ1n) is 8.43. The fourth-order valence-corrected chi connectivity index (χ4v) is 4.54. The smallest absolute Gasteiger partial charge is 0.280 e. The Labute approximate surface area is 155 Å². The molecule has 25 heavy (non-hydrogen) atoms. The van der Waals surface area contributed by atoms with Crippen molar-refractivity contribution in [1.29, 1.82) is 0 Å². The van der Waals surface area contributed by atoms with Gasteiger partial charge in [0.25, 0.3) is 5.91 Å². The summed E-state index contributed by atoms with van der Waals surface area (Å²) >= 11 is 7.59. The highest BCUT2D eigenvalue weighted by Gasteiger charge is 2.29. The number of nitrogens with one attached hydrogen (secondary N) is 1. The highest BCUT2D eigenvalue weighted by Crippen LogP contribution is 2.37. The molecule has 0 saturated heterocycles. The summed E-state index contributed by atoms with van der Waals surface area (Å²) in [6.07, 6.45) is 8.42. The Balaban J connectivity index is 1.56. The van der Waals surface area contributed by atoms with Crippen molar-refractivity contribution >= 4 is 34.4 Å². The topological polar surface area (TPSA) is 59.3 Å². The lowest BCUT2D eigenvalue weighted by atomic mass is 9.89. The van der Waals surface area contributed by atoms with E-state index in [2.05, 4.69) is 22.3 Å². The van der Waals surface area contributed by atoms with Gasteiger partial charge in [-0.1, -0.05) is 48.8 Å². The third-order valence-corrected chi connectivity index (χ3v) is 6.20. The van der Waals surface area contributed by atoms with Crippen molar-refractivity contribution in [2.75, 3.05) is 6.54 Å². The van der Waals surface area contributed by atoms with Gasteiger partial charge in [0.2, 0.25) is 0 Å². The lowest BCUT2D eigenvalue weighted by molar-refractivity contribution is 0.0934. The molecule has 5 nitrogen and oxygen atoms in total. The number of aromatic nitrogens is 3. The molecule has 1 fully saturated rings. The van der Waals surface area contributed by atoms with E-state index in [9.17, 15) is 4.79 Å². The zero-order chi connectivity index (χ0) is 17.4. The maximum Gasteiger partial charge on any atom is 0.280 e. The summed E-state index contributed by atoms with van der Waals surface area (Å²) in [5.74, 6) is -0.150. The van der Waals surface area contributed by atoms with Crippen LogP contribution in [-0.2, 0) is 0 Å². The summed E-state index contributed by atoms with van der Waals surface area (Å²) in [7, 11) is 0. The lowest BCUT2D eigenvalue weighted by Gasteiger charge is -2.23. The average molecular weight is 375 g/mol. The second kappa shape index (κ2) is 6.42. The Morgan fingerprint density at radius 2 is 2.20 bits per heavy atom. The van der Waals surface area contributed by atoms with Crippen LogP contribution in [0, 0.1) is 5.41 Å². The Bertz CT molecular complexity index is 926. The second-order valence-corrected chi connectivity index (χ2v) is 8.53. The van der Waals surface area contributed by atoms with Crippen LogP contribution >= 0.6 is 22.9 Å². The first-order chi connectivity index (χ1) is 12.1. The van der Waals surface area contributed by atoms with Gasteiger partial charge in [0, 0.05) is 18.3 Å². The quantitative estimate of drug-likeness (QED) is 0.735. The van der Waals surface area contributed by atoms with Gasteiger partial charge in [-0.25, -0.2) is 9.50 Å². The number of hydrogen-bond acceptors (Lipinski definition) is 4. The third-order valence-electron chi connectivity index (χ3n) is 4.95. The highest BCUT2D eigenvalue weighted by atomic mass is 35.5. The van der Waals surface area contributed by atoms with Crippen molar-refractivity contribution < 1.29 is 4.79 Å². The minimum atomic E-state index is -0.150. The predicted octanol–water partition coefficient (Wildman–Crippen LogP) is 4.42. The molecule has 0 bridgehead atoms. The Morgan fingerprint density at radius 1 is 1.40 bits per heavy atom. The van der Waals surface area contributed by atoms with E-state index in [1.54, 1.807) is 10.7 Å². The van der Waals surface area contributed by atoms with Crippen molar-refractivity contribution in [3.05, 3.63) is 39.9 Å². The van der Waals surface area contributed by atoms with E-state index < -0.39 is 0 Å². The number of pyridine rings is 1. The molecular formula is C18H19ClN4OS. The molecule has 0 aliphatic heterocycles. The molecule has 1 aliphatic carbocycles. The van der Waals surface area contributed by atoms with Gasteiger partial charge < -0.3 is 5.32 Å². The second-order valence-electron chi connectivity index (χ2n) is 6.93. The average Bonchev–Trinajstić information content (AvgIpc) is 3.31. The van der Waals surface area contributed by atoms with Crippen molar-refractivity contribution in [2.24, 2.45) is 5.41 Å². The lowest BCUT2D eigenvalue weighted by Crippen LogP contribution is -2.34. The minimum Gasteiger partial charge on any atom is -0.349 e. The predicted molar refractivity (Wildman–Crippen MR) is 100 cm³/mol. The van der Waals surface area contributed by atoms with Gasteiger partial charge in [0.1, 0.15) is 10.0 Å². The van der Waals surface area contributed by atoms with Crippen LogP contribution in [0.5, 0.6) is 0 Å². The van der Waals surface area contributed by atoms with Crippen LogP contribution in [0.25, 0.3) is 16.8 Å². The maximum atomic E-state index is 12.5. The number of rotatable bonds is 4. The zero-order valence-corrected chi connectivity index (χ0v) is 15.5. The molecule has 7 heteroatoms.